The van der Waals surface area contributed by atoms with Crippen molar-refractivity contribution in [3.63, 3.8) is 0 Å². The van der Waals surface area contributed by atoms with E-state index >= 15 is 0 Å². The Balaban J connectivity index is 1.63. The minimum Gasteiger partial charge on any atom is -0.493 e. The van der Waals surface area contributed by atoms with Gasteiger partial charge in [-0.05, 0) is 37.8 Å². The summed E-state index contributed by atoms with van der Waals surface area (Å²) in [4.78, 5) is 29.3. The summed E-state index contributed by atoms with van der Waals surface area (Å²) >= 11 is 0. The van der Waals surface area contributed by atoms with Crippen LogP contribution in [0.1, 0.15) is 32.1 Å². The fourth-order valence-electron chi connectivity index (χ4n) is 3.84. The average Bonchev–Trinajstić information content (AvgIpc) is 3.15. The number of hydrogen-bond acceptors (Lipinski definition) is 6. The zero-order chi connectivity index (χ0) is 20.1. The lowest BCUT2D eigenvalue weighted by molar-refractivity contribution is -0.122. The Labute approximate surface area is 164 Å². The Kier molecular flexibility index (Phi) is 6.51. The van der Waals surface area contributed by atoms with Crippen molar-refractivity contribution in [2.45, 2.75) is 44.7 Å². The van der Waals surface area contributed by atoms with Crippen molar-refractivity contribution in [2.24, 2.45) is 11.7 Å². The van der Waals surface area contributed by atoms with Crippen molar-refractivity contribution in [2.75, 3.05) is 20.8 Å². The van der Waals surface area contributed by atoms with Gasteiger partial charge in [0.15, 0.2) is 11.5 Å². The van der Waals surface area contributed by atoms with Crippen LogP contribution in [0.3, 0.4) is 0 Å². The van der Waals surface area contributed by atoms with Gasteiger partial charge in [-0.15, -0.1) is 0 Å². The van der Waals surface area contributed by atoms with Crippen LogP contribution in [0, 0.1) is 5.92 Å². The third-order valence-corrected chi connectivity index (χ3v) is 5.44. The number of fused-ring (bicyclic) bond motifs is 1. The maximum absolute atomic E-state index is 12.7. The minimum atomic E-state index is -0.162. The fraction of sp³-hybridized carbons (Fsp3) is 0.550. The molecule has 1 fully saturated rings. The Morgan fingerprint density at radius 1 is 1.29 bits per heavy atom. The second-order valence-corrected chi connectivity index (χ2v) is 7.17. The van der Waals surface area contributed by atoms with Gasteiger partial charge >= 0.3 is 0 Å². The Morgan fingerprint density at radius 3 is 2.75 bits per heavy atom. The molecule has 0 radical (unpaired) electrons. The average molecular weight is 388 g/mol. The van der Waals surface area contributed by atoms with E-state index in [1.54, 1.807) is 12.1 Å². The van der Waals surface area contributed by atoms with Gasteiger partial charge in [0.1, 0.15) is 0 Å². The first-order chi connectivity index (χ1) is 13.6. The summed E-state index contributed by atoms with van der Waals surface area (Å²) in [5.74, 6) is 1.40. The number of aryl methyl sites for hydroxylation is 1. The molecular formula is C20H28N4O4. The molecule has 0 aliphatic heterocycles. The van der Waals surface area contributed by atoms with Gasteiger partial charge in [0.25, 0.3) is 5.56 Å². The van der Waals surface area contributed by atoms with E-state index in [0.717, 1.165) is 19.3 Å². The molecule has 152 valence electrons. The largest absolute Gasteiger partial charge is 0.493 e. The summed E-state index contributed by atoms with van der Waals surface area (Å²) in [6, 6.07) is 3.51. The van der Waals surface area contributed by atoms with E-state index in [-0.39, 0.29) is 17.5 Å². The molecule has 2 atom stereocenters. The number of rotatable bonds is 8. The first kappa shape index (κ1) is 20.1. The molecule has 0 spiro atoms. The molecule has 8 nitrogen and oxygen atoms in total. The first-order valence-electron chi connectivity index (χ1n) is 9.68. The second kappa shape index (κ2) is 9.05. The summed E-state index contributed by atoms with van der Waals surface area (Å²) in [6.45, 7) is 1.03. The number of carbonyl (C=O) groups excluding carboxylic acids is 1. The van der Waals surface area contributed by atoms with Crippen molar-refractivity contribution in [1.82, 2.24) is 14.9 Å². The second-order valence-electron chi connectivity index (χ2n) is 7.17. The third kappa shape index (κ3) is 4.27. The zero-order valence-corrected chi connectivity index (χ0v) is 16.4. The van der Waals surface area contributed by atoms with Crippen molar-refractivity contribution >= 4 is 16.8 Å². The van der Waals surface area contributed by atoms with Gasteiger partial charge in [0.05, 0.1) is 31.4 Å². The number of amides is 1. The van der Waals surface area contributed by atoms with Crippen LogP contribution < -0.4 is 26.1 Å². The highest BCUT2D eigenvalue weighted by Gasteiger charge is 2.27. The molecule has 0 bridgehead atoms. The standard InChI is InChI=1S/C20H28N4O4/c1-27-17-9-14-16(10-18(17)28-2)22-12-24(20(14)26)8-4-7-19(25)23-15-6-3-5-13(15)11-21/h9-10,12-13,15H,3-8,11,21H2,1-2H3,(H,23,25). The Morgan fingerprint density at radius 2 is 2.04 bits per heavy atom. The van der Waals surface area contributed by atoms with Crippen LogP contribution >= 0.6 is 0 Å². The number of aromatic nitrogens is 2. The lowest BCUT2D eigenvalue weighted by Gasteiger charge is -2.19. The van der Waals surface area contributed by atoms with Crippen LogP contribution in [0.15, 0.2) is 23.3 Å². The molecule has 1 aromatic carbocycles. The van der Waals surface area contributed by atoms with E-state index < -0.39 is 0 Å². The molecule has 1 saturated carbocycles. The topological polar surface area (TPSA) is 108 Å². The first-order valence-corrected chi connectivity index (χ1v) is 9.68. The van der Waals surface area contributed by atoms with Crippen LogP contribution in [0.25, 0.3) is 10.9 Å². The number of hydrogen-bond donors (Lipinski definition) is 2. The Bertz CT molecular complexity index is 896. The number of benzene rings is 1. The molecule has 0 saturated heterocycles. The van der Waals surface area contributed by atoms with Gasteiger partial charge in [-0.25, -0.2) is 4.98 Å². The summed E-state index contributed by atoms with van der Waals surface area (Å²) in [7, 11) is 3.06. The van der Waals surface area contributed by atoms with E-state index in [2.05, 4.69) is 10.3 Å². The molecule has 1 aliphatic carbocycles. The number of nitrogens with zero attached hydrogens (tertiary/aromatic N) is 2. The van der Waals surface area contributed by atoms with Crippen LogP contribution in [0.2, 0.25) is 0 Å². The van der Waals surface area contributed by atoms with E-state index in [1.165, 1.54) is 25.1 Å². The van der Waals surface area contributed by atoms with E-state index in [0.29, 0.717) is 54.3 Å². The zero-order valence-electron chi connectivity index (χ0n) is 16.4. The number of methoxy groups -OCH3 is 2. The predicted octanol–water partition coefficient (Wildman–Crippen LogP) is 1.44. The minimum absolute atomic E-state index is 0.0125. The number of nitrogens with two attached hydrogens (primary N) is 1. The molecule has 2 unspecified atom stereocenters. The van der Waals surface area contributed by atoms with Gasteiger partial charge in [0, 0.05) is 25.1 Å². The molecule has 3 rings (SSSR count). The molecule has 1 amide bonds. The number of carbonyl (C=O) groups is 1. The molecule has 1 heterocycles. The van der Waals surface area contributed by atoms with Crippen molar-refractivity contribution < 1.29 is 14.3 Å². The molecule has 1 aromatic heterocycles. The Hall–Kier alpha value is -2.61. The predicted molar refractivity (Wildman–Crippen MR) is 107 cm³/mol. The van der Waals surface area contributed by atoms with E-state index in [4.69, 9.17) is 15.2 Å². The maximum Gasteiger partial charge on any atom is 0.261 e. The monoisotopic (exact) mass is 388 g/mol. The van der Waals surface area contributed by atoms with E-state index in [9.17, 15) is 9.59 Å². The summed E-state index contributed by atoms with van der Waals surface area (Å²) in [5.41, 5.74) is 6.15. The molecular weight excluding hydrogens is 360 g/mol. The summed E-state index contributed by atoms with van der Waals surface area (Å²) < 4.78 is 12.0. The van der Waals surface area contributed by atoms with Crippen LogP contribution in [0.5, 0.6) is 11.5 Å². The number of ether oxygens (including phenoxy) is 2. The van der Waals surface area contributed by atoms with Crippen LogP contribution in [-0.4, -0.2) is 42.3 Å². The third-order valence-electron chi connectivity index (χ3n) is 5.44. The van der Waals surface area contributed by atoms with Gasteiger partial charge in [0.2, 0.25) is 5.91 Å². The van der Waals surface area contributed by atoms with Crippen molar-refractivity contribution in [1.29, 1.82) is 0 Å². The summed E-state index contributed by atoms with van der Waals surface area (Å²) in [6.07, 6.45) is 5.62. The molecule has 3 N–H and O–H groups in total. The highest BCUT2D eigenvalue weighted by atomic mass is 16.5. The lowest BCUT2D eigenvalue weighted by atomic mass is 10.0. The summed E-state index contributed by atoms with van der Waals surface area (Å²) in [5, 5.41) is 3.55. The highest BCUT2D eigenvalue weighted by molar-refractivity contribution is 5.81. The van der Waals surface area contributed by atoms with Crippen LogP contribution in [-0.2, 0) is 11.3 Å². The van der Waals surface area contributed by atoms with Gasteiger partial charge in [-0.3, -0.25) is 14.2 Å². The quantitative estimate of drug-likeness (QED) is 0.708. The van der Waals surface area contributed by atoms with Gasteiger partial charge in [-0.1, -0.05) is 6.42 Å². The molecule has 8 heteroatoms. The molecule has 2 aromatic rings. The van der Waals surface area contributed by atoms with Crippen molar-refractivity contribution in [3.05, 3.63) is 28.8 Å². The number of nitrogens with one attached hydrogen (secondary N) is 1. The molecule has 1 aliphatic rings. The van der Waals surface area contributed by atoms with Gasteiger partial charge < -0.3 is 20.5 Å². The maximum atomic E-state index is 12.7. The highest BCUT2D eigenvalue weighted by Crippen LogP contribution is 2.29. The van der Waals surface area contributed by atoms with Gasteiger partial charge in [-0.2, -0.15) is 0 Å². The lowest BCUT2D eigenvalue weighted by Crippen LogP contribution is -2.39. The smallest absolute Gasteiger partial charge is 0.261 e. The van der Waals surface area contributed by atoms with E-state index in [1.807, 2.05) is 0 Å². The normalized spacial score (nSPS) is 19.0. The van der Waals surface area contributed by atoms with Crippen molar-refractivity contribution in [3.8, 4) is 11.5 Å². The van der Waals surface area contributed by atoms with Crippen LogP contribution in [0.4, 0.5) is 0 Å². The SMILES string of the molecule is COc1cc2ncn(CCCC(=O)NC3CCCC3CN)c(=O)c2cc1OC. The molecule has 28 heavy (non-hydrogen) atoms. The fourth-order valence-corrected chi connectivity index (χ4v) is 3.84.